The molecule has 1 aromatic carbocycles. The van der Waals surface area contributed by atoms with Crippen molar-refractivity contribution >= 4 is 21.1 Å². The first kappa shape index (κ1) is 23.1. The highest BCUT2D eigenvalue weighted by Gasteiger charge is 2.22. The first-order valence-electron chi connectivity index (χ1n) is 9.76. The van der Waals surface area contributed by atoms with E-state index in [-0.39, 0.29) is 23.8 Å². The van der Waals surface area contributed by atoms with Gasteiger partial charge in [0.25, 0.3) is 0 Å². The van der Waals surface area contributed by atoms with Crippen molar-refractivity contribution in [2.24, 2.45) is 5.73 Å². The minimum Gasteiger partial charge on any atom is -0.378 e. The predicted molar refractivity (Wildman–Crippen MR) is 120 cm³/mol. The van der Waals surface area contributed by atoms with Gasteiger partial charge in [0, 0.05) is 39.0 Å². The SMILES string of the molecule is COCc1ccc2c(n1)c(-c1cccc(S(=O)(=O)N(C)C)c1)c(C)n2C/C(F)=C/CN. The van der Waals surface area contributed by atoms with Crippen molar-refractivity contribution < 1.29 is 17.5 Å². The smallest absolute Gasteiger partial charge is 0.242 e. The molecule has 0 fully saturated rings. The first-order chi connectivity index (χ1) is 14.7. The average Bonchev–Trinajstić information content (AvgIpc) is 2.99. The van der Waals surface area contributed by atoms with E-state index in [1.54, 1.807) is 25.3 Å². The lowest BCUT2D eigenvalue weighted by molar-refractivity contribution is 0.182. The topological polar surface area (TPSA) is 90.5 Å². The lowest BCUT2D eigenvalue weighted by Gasteiger charge is -2.12. The van der Waals surface area contributed by atoms with E-state index in [1.165, 1.54) is 24.5 Å². The number of sulfonamides is 1. The van der Waals surface area contributed by atoms with Crippen molar-refractivity contribution in [3.05, 3.63) is 59.7 Å². The van der Waals surface area contributed by atoms with Crippen LogP contribution in [0.2, 0.25) is 0 Å². The Kier molecular flexibility index (Phi) is 6.90. The molecule has 0 aliphatic heterocycles. The van der Waals surface area contributed by atoms with Crippen LogP contribution in [0.1, 0.15) is 11.4 Å². The van der Waals surface area contributed by atoms with Crippen LogP contribution >= 0.6 is 0 Å². The molecule has 0 amide bonds. The third-order valence-corrected chi connectivity index (χ3v) is 6.88. The van der Waals surface area contributed by atoms with Crippen LogP contribution in [-0.2, 0) is 27.9 Å². The number of aromatic nitrogens is 2. The van der Waals surface area contributed by atoms with Crippen LogP contribution in [0, 0.1) is 6.92 Å². The Bertz CT molecular complexity index is 1230. The molecule has 31 heavy (non-hydrogen) atoms. The summed E-state index contributed by atoms with van der Waals surface area (Å²) in [5.74, 6) is -0.348. The Balaban J connectivity index is 2.28. The molecule has 0 bridgehead atoms. The van der Waals surface area contributed by atoms with Crippen molar-refractivity contribution in [1.82, 2.24) is 13.9 Å². The number of ether oxygens (including phenoxy) is 1. The van der Waals surface area contributed by atoms with Gasteiger partial charge in [-0.25, -0.2) is 22.1 Å². The highest BCUT2D eigenvalue weighted by atomic mass is 32.2. The van der Waals surface area contributed by atoms with Crippen molar-refractivity contribution in [2.45, 2.75) is 25.0 Å². The van der Waals surface area contributed by atoms with E-state index in [0.717, 1.165) is 22.5 Å². The number of hydrogen-bond donors (Lipinski definition) is 1. The summed E-state index contributed by atoms with van der Waals surface area (Å²) in [5.41, 5.74) is 9.80. The molecule has 166 valence electrons. The van der Waals surface area contributed by atoms with Gasteiger partial charge in [-0.1, -0.05) is 12.1 Å². The normalized spacial score (nSPS) is 12.8. The largest absolute Gasteiger partial charge is 0.378 e. The van der Waals surface area contributed by atoms with Crippen LogP contribution in [0.5, 0.6) is 0 Å². The van der Waals surface area contributed by atoms with Crippen LogP contribution in [0.15, 0.2) is 53.2 Å². The second-order valence-electron chi connectivity index (χ2n) is 7.35. The maximum atomic E-state index is 14.4. The molecule has 0 atom stereocenters. The maximum Gasteiger partial charge on any atom is 0.242 e. The van der Waals surface area contributed by atoms with E-state index >= 15 is 0 Å². The summed E-state index contributed by atoms with van der Waals surface area (Å²) in [6.45, 7) is 2.32. The Morgan fingerprint density at radius 2 is 2.03 bits per heavy atom. The molecular formula is C22H27FN4O3S. The fraction of sp³-hybridized carbons (Fsp3) is 0.318. The molecule has 7 nitrogen and oxygen atoms in total. The van der Waals surface area contributed by atoms with E-state index in [1.807, 2.05) is 29.7 Å². The average molecular weight is 447 g/mol. The Morgan fingerprint density at radius 1 is 1.29 bits per heavy atom. The minimum atomic E-state index is -3.61. The number of halogens is 1. The molecule has 3 rings (SSSR count). The van der Waals surface area contributed by atoms with Crippen molar-refractivity contribution in [2.75, 3.05) is 27.7 Å². The van der Waals surface area contributed by atoms with E-state index in [4.69, 9.17) is 15.5 Å². The van der Waals surface area contributed by atoms with Gasteiger partial charge in [-0.3, -0.25) is 0 Å². The Labute approximate surface area is 182 Å². The number of pyridine rings is 1. The molecule has 0 aliphatic carbocycles. The summed E-state index contributed by atoms with van der Waals surface area (Å²) in [6, 6.07) is 10.4. The fourth-order valence-electron chi connectivity index (χ4n) is 3.52. The number of methoxy groups -OCH3 is 1. The van der Waals surface area contributed by atoms with Crippen LogP contribution in [0.25, 0.3) is 22.2 Å². The number of nitrogens with zero attached hydrogens (tertiary/aromatic N) is 3. The van der Waals surface area contributed by atoms with Gasteiger partial charge in [0.15, 0.2) is 0 Å². The zero-order valence-corrected chi connectivity index (χ0v) is 18.9. The third kappa shape index (κ3) is 4.54. The quantitative estimate of drug-likeness (QED) is 0.574. The molecule has 9 heteroatoms. The summed E-state index contributed by atoms with van der Waals surface area (Å²) >= 11 is 0. The number of nitrogens with two attached hydrogens (primary N) is 1. The Hall–Kier alpha value is -2.59. The van der Waals surface area contributed by atoms with Crippen LogP contribution in [0.3, 0.4) is 0 Å². The number of hydrogen-bond acceptors (Lipinski definition) is 5. The minimum absolute atomic E-state index is 0.0144. The van der Waals surface area contributed by atoms with Gasteiger partial charge < -0.3 is 15.0 Å². The van der Waals surface area contributed by atoms with Crippen molar-refractivity contribution in [3.63, 3.8) is 0 Å². The van der Waals surface area contributed by atoms with Gasteiger partial charge in [0.2, 0.25) is 10.0 Å². The molecule has 0 unspecified atom stereocenters. The first-order valence-corrected chi connectivity index (χ1v) is 11.2. The lowest BCUT2D eigenvalue weighted by atomic mass is 10.1. The van der Waals surface area contributed by atoms with E-state index < -0.39 is 10.0 Å². The Morgan fingerprint density at radius 3 is 2.68 bits per heavy atom. The molecule has 3 aromatic rings. The summed E-state index contributed by atoms with van der Waals surface area (Å²) in [5, 5.41) is 0. The van der Waals surface area contributed by atoms with Crippen LogP contribution in [-0.4, -0.2) is 50.0 Å². The predicted octanol–water partition coefficient (Wildman–Crippen LogP) is 3.22. The molecular weight excluding hydrogens is 419 g/mol. The molecule has 2 heterocycles. The number of rotatable bonds is 8. The number of fused-ring (bicyclic) bond motifs is 1. The van der Waals surface area contributed by atoms with E-state index in [9.17, 15) is 12.8 Å². The van der Waals surface area contributed by atoms with Gasteiger partial charge in [0.1, 0.15) is 5.83 Å². The zero-order valence-electron chi connectivity index (χ0n) is 18.1. The van der Waals surface area contributed by atoms with Crippen molar-refractivity contribution in [3.8, 4) is 11.1 Å². The van der Waals surface area contributed by atoms with Crippen LogP contribution in [0.4, 0.5) is 4.39 Å². The molecule has 0 radical (unpaired) electrons. The summed E-state index contributed by atoms with van der Waals surface area (Å²) in [7, 11) is 0.963. The molecule has 2 N–H and O–H groups in total. The standard InChI is InChI=1S/C22H27FN4O3S/c1-15-21(16-6-5-7-19(12-16)31(28,29)26(2)3)22-20(9-8-18(25-22)14-30-4)27(15)13-17(23)10-11-24/h5-10,12H,11,13-14,24H2,1-4H3/b17-10-. The van der Waals surface area contributed by atoms with Crippen LogP contribution < -0.4 is 5.73 Å². The number of benzene rings is 1. The highest BCUT2D eigenvalue weighted by molar-refractivity contribution is 7.89. The summed E-state index contributed by atoms with van der Waals surface area (Å²) < 4.78 is 47.8. The van der Waals surface area contributed by atoms with Gasteiger partial charge in [-0.2, -0.15) is 0 Å². The van der Waals surface area contributed by atoms with Gasteiger partial charge in [-0.15, -0.1) is 0 Å². The second kappa shape index (κ2) is 9.27. The zero-order chi connectivity index (χ0) is 22.8. The van der Waals surface area contributed by atoms with Crippen molar-refractivity contribution in [1.29, 1.82) is 0 Å². The summed E-state index contributed by atoms with van der Waals surface area (Å²) in [6.07, 6.45) is 1.34. The molecule has 0 saturated heterocycles. The van der Waals surface area contributed by atoms with E-state index in [2.05, 4.69) is 0 Å². The van der Waals surface area contributed by atoms with Gasteiger partial charge >= 0.3 is 0 Å². The highest BCUT2D eigenvalue weighted by Crippen LogP contribution is 2.35. The van der Waals surface area contributed by atoms with E-state index in [0.29, 0.717) is 17.7 Å². The monoisotopic (exact) mass is 446 g/mol. The lowest BCUT2D eigenvalue weighted by Crippen LogP contribution is -2.22. The molecule has 2 aromatic heterocycles. The summed E-state index contributed by atoms with van der Waals surface area (Å²) in [4.78, 5) is 4.91. The fourth-order valence-corrected chi connectivity index (χ4v) is 4.47. The second-order valence-corrected chi connectivity index (χ2v) is 9.50. The maximum absolute atomic E-state index is 14.4. The molecule has 0 saturated carbocycles. The third-order valence-electron chi connectivity index (χ3n) is 5.07. The molecule has 0 spiro atoms. The van der Waals surface area contributed by atoms with Gasteiger partial charge in [-0.05, 0) is 42.8 Å². The van der Waals surface area contributed by atoms with Gasteiger partial charge in [0.05, 0.1) is 34.8 Å². The molecule has 0 aliphatic rings. The number of allylic oxidation sites excluding steroid dienone is 1.